The third-order valence-electron chi connectivity index (χ3n) is 3.76. The SMILES string of the molecule is Cn1nc(C(=O)Nc2ncn[nH]2)c2c1CCN(C(=O)OC(C)(C)C)C2. The van der Waals surface area contributed by atoms with E-state index in [9.17, 15) is 9.59 Å². The average Bonchev–Trinajstić information content (AvgIpc) is 3.13. The number of ether oxygens (including phenoxy) is 1. The molecule has 0 saturated carbocycles. The highest BCUT2D eigenvalue weighted by molar-refractivity contribution is 6.03. The molecule has 2 aromatic rings. The molecule has 0 saturated heterocycles. The Bertz CT molecular complexity index is 789. The molecule has 0 spiro atoms. The predicted octanol–water partition coefficient (Wildman–Crippen LogP) is 1.08. The van der Waals surface area contributed by atoms with E-state index in [4.69, 9.17) is 4.74 Å². The number of amides is 2. The van der Waals surface area contributed by atoms with Gasteiger partial charge in [0.05, 0.1) is 6.54 Å². The van der Waals surface area contributed by atoms with E-state index in [2.05, 4.69) is 25.6 Å². The van der Waals surface area contributed by atoms with Gasteiger partial charge in [0.1, 0.15) is 11.9 Å². The van der Waals surface area contributed by atoms with Crippen molar-refractivity contribution in [2.75, 3.05) is 11.9 Å². The zero-order chi connectivity index (χ0) is 18.2. The Labute approximate surface area is 144 Å². The van der Waals surface area contributed by atoms with Crippen LogP contribution in [0.25, 0.3) is 0 Å². The molecule has 3 heterocycles. The smallest absolute Gasteiger partial charge is 0.410 e. The van der Waals surface area contributed by atoms with E-state index in [0.717, 1.165) is 11.3 Å². The summed E-state index contributed by atoms with van der Waals surface area (Å²) in [6.45, 7) is 6.25. The topological polar surface area (TPSA) is 118 Å². The van der Waals surface area contributed by atoms with Crippen LogP contribution < -0.4 is 5.32 Å². The second-order valence-corrected chi connectivity index (χ2v) is 6.84. The number of hydrogen-bond acceptors (Lipinski definition) is 6. The number of carbonyl (C=O) groups excluding carboxylic acids is 2. The molecule has 1 aliphatic rings. The lowest BCUT2D eigenvalue weighted by molar-refractivity contribution is 0.0222. The van der Waals surface area contributed by atoms with Crippen LogP contribution in [0.3, 0.4) is 0 Å². The third kappa shape index (κ3) is 3.62. The first kappa shape index (κ1) is 16.9. The molecule has 10 nitrogen and oxygen atoms in total. The van der Waals surface area contributed by atoms with E-state index in [1.807, 2.05) is 20.8 Å². The van der Waals surface area contributed by atoms with Gasteiger partial charge in [0, 0.05) is 31.3 Å². The summed E-state index contributed by atoms with van der Waals surface area (Å²) in [5.74, 6) is -0.163. The Balaban J connectivity index is 1.81. The van der Waals surface area contributed by atoms with E-state index < -0.39 is 17.6 Å². The van der Waals surface area contributed by atoms with Crippen LogP contribution in [0.15, 0.2) is 6.33 Å². The Morgan fingerprint density at radius 1 is 1.36 bits per heavy atom. The molecule has 0 atom stereocenters. The van der Waals surface area contributed by atoms with Gasteiger partial charge in [0.2, 0.25) is 5.95 Å². The maximum atomic E-state index is 12.5. The number of rotatable bonds is 2. The number of aromatic amines is 1. The van der Waals surface area contributed by atoms with Crippen LogP contribution in [0.2, 0.25) is 0 Å². The summed E-state index contributed by atoms with van der Waals surface area (Å²) in [6, 6.07) is 0. The maximum Gasteiger partial charge on any atom is 0.410 e. The van der Waals surface area contributed by atoms with Gasteiger partial charge in [0.25, 0.3) is 5.91 Å². The molecule has 3 rings (SSSR count). The zero-order valence-electron chi connectivity index (χ0n) is 14.7. The van der Waals surface area contributed by atoms with Crippen molar-refractivity contribution in [2.45, 2.75) is 39.3 Å². The van der Waals surface area contributed by atoms with E-state index in [0.29, 0.717) is 13.0 Å². The van der Waals surface area contributed by atoms with Gasteiger partial charge in [0.15, 0.2) is 5.69 Å². The van der Waals surface area contributed by atoms with Crippen molar-refractivity contribution in [2.24, 2.45) is 7.05 Å². The predicted molar refractivity (Wildman–Crippen MR) is 87.9 cm³/mol. The van der Waals surface area contributed by atoms with Crippen molar-refractivity contribution < 1.29 is 14.3 Å². The van der Waals surface area contributed by atoms with Crippen molar-refractivity contribution in [1.29, 1.82) is 0 Å². The molecule has 25 heavy (non-hydrogen) atoms. The van der Waals surface area contributed by atoms with E-state index in [-0.39, 0.29) is 18.2 Å². The van der Waals surface area contributed by atoms with Crippen molar-refractivity contribution in [3.05, 3.63) is 23.3 Å². The van der Waals surface area contributed by atoms with Gasteiger partial charge >= 0.3 is 6.09 Å². The minimum absolute atomic E-state index is 0.240. The summed E-state index contributed by atoms with van der Waals surface area (Å²) in [5.41, 5.74) is 1.35. The monoisotopic (exact) mass is 347 g/mol. The lowest BCUT2D eigenvalue weighted by atomic mass is 10.1. The normalized spacial score (nSPS) is 14.2. The lowest BCUT2D eigenvalue weighted by Gasteiger charge is -2.30. The molecule has 1 aliphatic heterocycles. The summed E-state index contributed by atoms with van der Waals surface area (Å²) in [4.78, 5) is 30.3. The Morgan fingerprint density at radius 2 is 2.12 bits per heavy atom. The van der Waals surface area contributed by atoms with Crippen molar-refractivity contribution in [1.82, 2.24) is 29.9 Å². The maximum absolute atomic E-state index is 12.5. The van der Waals surface area contributed by atoms with Gasteiger partial charge in [-0.2, -0.15) is 15.2 Å². The molecule has 134 valence electrons. The number of anilines is 1. The molecule has 0 aromatic carbocycles. The van der Waals surface area contributed by atoms with Gasteiger partial charge in [-0.3, -0.25) is 14.8 Å². The minimum Gasteiger partial charge on any atom is -0.444 e. The number of aryl methyl sites for hydroxylation is 1. The first-order valence-corrected chi connectivity index (χ1v) is 7.94. The fourth-order valence-electron chi connectivity index (χ4n) is 2.69. The molecule has 0 bridgehead atoms. The Morgan fingerprint density at radius 3 is 2.76 bits per heavy atom. The summed E-state index contributed by atoms with van der Waals surface area (Å²) in [7, 11) is 1.78. The Kier molecular flexibility index (Phi) is 4.19. The number of carbonyl (C=O) groups is 2. The quantitative estimate of drug-likeness (QED) is 0.839. The fraction of sp³-hybridized carbons (Fsp3) is 0.533. The van der Waals surface area contributed by atoms with Gasteiger partial charge in [-0.15, -0.1) is 0 Å². The lowest BCUT2D eigenvalue weighted by Crippen LogP contribution is -2.40. The van der Waals surface area contributed by atoms with E-state index >= 15 is 0 Å². The second kappa shape index (κ2) is 6.19. The third-order valence-corrected chi connectivity index (χ3v) is 3.76. The van der Waals surface area contributed by atoms with Gasteiger partial charge in [-0.05, 0) is 20.8 Å². The molecule has 2 N–H and O–H groups in total. The molecule has 0 aliphatic carbocycles. The van der Waals surface area contributed by atoms with Crippen LogP contribution in [0.4, 0.5) is 10.7 Å². The molecule has 0 fully saturated rings. The molecule has 0 radical (unpaired) electrons. The Hall–Kier alpha value is -2.91. The van der Waals surface area contributed by atoms with Gasteiger partial charge in [-0.25, -0.2) is 9.89 Å². The number of H-pyrrole nitrogens is 1. The van der Waals surface area contributed by atoms with Crippen LogP contribution >= 0.6 is 0 Å². The number of nitrogens with zero attached hydrogens (tertiary/aromatic N) is 5. The summed E-state index contributed by atoms with van der Waals surface area (Å²) in [5, 5.41) is 13.2. The average molecular weight is 347 g/mol. The highest BCUT2D eigenvalue weighted by atomic mass is 16.6. The van der Waals surface area contributed by atoms with Crippen LogP contribution in [0, 0.1) is 0 Å². The van der Waals surface area contributed by atoms with Crippen LogP contribution in [0.5, 0.6) is 0 Å². The van der Waals surface area contributed by atoms with Crippen molar-refractivity contribution in [3.63, 3.8) is 0 Å². The first-order chi connectivity index (χ1) is 11.7. The number of fused-ring (bicyclic) bond motifs is 1. The zero-order valence-corrected chi connectivity index (χ0v) is 14.7. The number of aromatic nitrogens is 5. The van der Waals surface area contributed by atoms with Crippen molar-refractivity contribution in [3.8, 4) is 0 Å². The number of hydrogen-bond donors (Lipinski definition) is 2. The highest BCUT2D eigenvalue weighted by Crippen LogP contribution is 2.24. The largest absolute Gasteiger partial charge is 0.444 e. The van der Waals surface area contributed by atoms with Crippen molar-refractivity contribution >= 4 is 17.9 Å². The molecule has 2 amide bonds. The highest BCUT2D eigenvalue weighted by Gasteiger charge is 2.31. The van der Waals surface area contributed by atoms with Gasteiger partial charge in [-0.1, -0.05) is 0 Å². The minimum atomic E-state index is -0.571. The molecule has 2 aromatic heterocycles. The fourth-order valence-corrected chi connectivity index (χ4v) is 2.69. The summed E-state index contributed by atoms with van der Waals surface area (Å²) < 4.78 is 7.10. The first-order valence-electron chi connectivity index (χ1n) is 7.94. The standard InChI is InChI=1S/C15H21N7O3/c1-15(2,3)25-14(24)22-6-5-10-9(7-22)11(20-21(10)4)12(23)18-13-16-8-17-19-13/h8H,5-7H2,1-4H3,(H2,16,17,18,19,23). The van der Waals surface area contributed by atoms with Crippen LogP contribution in [-0.2, 0) is 24.8 Å². The molecule has 0 unspecified atom stereocenters. The van der Waals surface area contributed by atoms with E-state index in [1.165, 1.54) is 6.33 Å². The summed E-state index contributed by atoms with van der Waals surface area (Å²) in [6.07, 6.45) is 1.50. The number of nitrogens with one attached hydrogen (secondary N) is 2. The molecule has 10 heteroatoms. The molecular weight excluding hydrogens is 326 g/mol. The van der Waals surface area contributed by atoms with Crippen LogP contribution in [-0.4, -0.2) is 54.0 Å². The second-order valence-electron chi connectivity index (χ2n) is 6.84. The summed E-state index contributed by atoms with van der Waals surface area (Å²) >= 11 is 0. The van der Waals surface area contributed by atoms with Gasteiger partial charge < -0.3 is 9.64 Å². The van der Waals surface area contributed by atoms with Crippen LogP contribution in [0.1, 0.15) is 42.5 Å². The van der Waals surface area contributed by atoms with E-state index in [1.54, 1.807) is 16.6 Å². The molecular formula is C15H21N7O3.